The Labute approximate surface area is 119 Å². The number of rotatable bonds is 3. The van der Waals surface area contributed by atoms with Crippen LogP contribution >= 0.6 is 11.6 Å². The zero-order chi connectivity index (χ0) is 15.0. The van der Waals surface area contributed by atoms with Crippen LogP contribution in [0.3, 0.4) is 0 Å². The topological polar surface area (TPSA) is 55.1 Å². The van der Waals surface area contributed by atoms with Gasteiger partial charge in [0.1, 0.15) is 0 Å². The van der Waals surface area contributed by atoms with Crippen LogP contribution in [0.25, 0.3) is 0 Å². The molecule has 0 radical (unpaired) electrons. The average molecular weight is 307 g/mol. The molecule has 1 amide bonds. The molecule has 1 saturated carbocycles. The molecule has 0 aromatic heterocycles. The van der Waals surface area contributed by atoms with Gasteiger partial charge in [0.05, 0.1) is 16.0 Å². The van der Waals surface area contributed by atoms with Crippen molar-refractivity contribution >= 4 is 23.2 Å². The molecule has 3 nitrogen and oxygen atoms in total. The van der Waals surface area contributed by atoms with Gasteiger partial charge in [0, 0.05) is 12.2 Å². The van der Waals surface area contributed by atoms with Crippen molar-refractivity contribution < 1.29 is 18.0 Å². The first-order valence-corrected chi connectivity index (χ1v) is 6.54. The zero-order valence-corrected chi connectivity index (χ0v) is 11.3. The number of hydrogen-bond acceptors (Lipinski definition) is 2. The highest BCUT2D eigenvalue weighted by Crippen LogP contribution is 2.41. The van der Waals surface area contributed by atoms with Crippen LogP contribution in [-0.2, 0) is 11.0 Å². The van der Waals surface area contributed by atoms with Gasteiger partial charge in [0.2, 0.25) is 5.91 Å². The van der Waals surface area contributed by atoms with E-state index in [0.717, 1.165) is 18.6 Å². The highest BCUT2D eigenvalue weighted by molar-refractivity contribution is 6.31. The smallest absolute Gasteiger partial charge is 0.329 e. The summed E-state index contributed by atoms with van der Waals surface area (Å²) < 4.78 is 38.2. The van der Waals surface area contributed by atoms with Gasteiger partial charge >= 0.3 is 6.18 Å². The van der Waals surface area contributed by atoms with Crippen LogP contribution in [0.5, 0.6) is 0 Å². The Morgan fingerprint density at radius 1 is 1.40 bits per heavy atom. The second-order valence-corrected chi connectivity index (χ2v) is 5.39. The van der Waals surface area contributed by atoms with Gasteiger partial charge < -0.3 is 11.1 Å². The average Bonchev–Trinajstić information content (AvgIpc) is 2.29. The monoisotopic (exact) mass is 306 g/mol. The van der Waals surface area contributed by atoms with Gasteiger partial charge in [-0.3, -0.25) is 4.79 Å². The van der Waals surface area contributed by atoms with Crippen LogP contribution < -0.4 is 11.1 Å². The van der Waals surface area contributed by atoms with Gasteiger partial charge in [0.25, 0.3) is 0 Å². The van der Waals surface area contributed by atoms with Crippen LogP contribution in [0.4, 0.5) is 18.9 Å². The first kappa shape index (κ1) is 15.1. The number of carbonyl (C=O) groups excluding carboxylic acids is 1. The number of alkyl halides is 3. The summed E-state index contributed by atoms with van der Waals surface area (Å²) in [5.41, 5.74) is 4.05. The standard InChI is InChI=1S/C13H14ClF3N2O/c14-10-3-2-8(6-9(10)13(15,16)17)19-11(20)12(7-18)4-1-5-12/h2-3,6H,1,4-5,7,18H2,(H,19,20). The minimum Gasteiger partial charge on any atom is -0.329 e. The Balaban J connectivity index is 2.20. The molecule has 110 valence electrons. The van der Waals surface area contributed by atoms with Crippen molar-refractivity contribution in [3.05, 3.63) is 28.8 Å². The summed E-state index contributed by atoms with van der Waals surface area (Å²) >= 11 is 5.52. The molecule has 0 saturated heterocycles. The number of nitrogens with one attached hydrogen (secondary N) is 1. The van der Waals surface area contributed by atoms with Gasteiger partial charge in [-0.25, -0.2) is 0 Å². The van der Waals surface area contributed by atoms with Crippen molar-refractivity contribution in [3.8, 4) is 0 Å². The highest BCUT2D eigenvalue weighted by Gasteiger charge is 2.43. The SMILES string of the molecule is NCC1(C(=O)Nc2ccc(Cl)c(C(F)(F)F)c2)CCC1. The lowest BCUT2D eigenvalue weighted by Gasteiger charge is -2.39. The molecule has 1 aliphatic carbocycles. The van der Waals surface area contributed by atoms with Gasteiger partial charge in [0.15, 0.2) is 0 Å². The minimum absolute atomic E-state index is 0.0754. The number of benzene rings is 1. The minimum atomic E-state index is -4.56. The number of halogens is 4. The summed E-state index contributed by atoms with van der Waals surface area (Å²) in [5, 5.41) is 2.10. The van der Waals surface area contributed by atoms with E-state index in [4.69, 9.17) is 17.3 Å². The van der Waals surface area contributed by atoms with E-state index in [1.165, 1.54) is 6.07 Å². The molecule has 2 rings (SSSR count). The lowest BCUT2D eigenvalue weighted by molar-refractivity contribution is -0.137. The Morgan fingerprint density at radius 3 is 2.50 bits per heavy atom. The van der Waals surface area contributed by atoms with Crippen molar-refractivity contribution in [2.45, 2.75) is 25.4 Å². The molecule has 1 aromatic rings. The summed E-state index contributed by atoms with van der Waals surface area (Å²) in [4.78, 5) is 12.1. The molecule has 1 aliphatic rings. The lowest BCUT2D eigenvalue weighted by atomic mass is 9.68. The third-order valence-electron chi connectivity index (χ3n) is 3.71. The molecule has 3 N–H and O–H groups in total. The molecule has 0 unspecified atom stereocenters. The normalized spacial score (nSPS) is 17.4. The molecule has 0 atom stereocenters. The molecule has 0 heterocycles. The van der Waals surface area contributed by atoms with Crippen molar-refractivity contribution in [2.75, 3.05) is 11.9 Å². The number of anilines is 1. The molecule has 0 bridgehead atoms. The molecular weight excluding hydrogens is 293 g/mol. The quantitative estimate of drug-likeness (QED) is 0.899. The van der Waals surface area contributed by atoms with Gasteiger partial charge in [-0.2, -0.15) is 13.2 Å². The van der Waals surface area contributed by atoms with Gasteiger partial charge in [-0.15, -0.1) is 0 Å². The summed E-state index contributed by atoms with van der Waals surface area (Å²) in [5.74, 6) is -0.332. The fourth-order valence-corrected chi connectivity index (χ4v) is 2.44. The highest BCUT2D eigenvalue weighted by atomic mass is 35.5. The molecule has 20 heavy (non-hydrogen) atoms. The second-order valence-electron chi connectivity index (χ2n) is 4.98. The molecule has 1 aromatic carbocycles. The number of amides is 1. The maximum atomic E-state index is 12.7. The Bertz CT molecular complexity index is 521. The Kier molecular flexibility index (Phi) is 3.97. The number of nitrogens with two attached hydrogens (primary N) is 1. The second kappa shape index (κ2) is 5.26. The maximum absolute atomic E-state index is 12.7. The van der Waals surface area contributed by atoms with E-state index >= 15 is 0 Å². The van der Waals surface area contributed by atoms with Crippen molar-refractivity contribution in [1.82, 2.24) is 0 Å². The lowest BCUT2D eigenvalue weighted by Crippen LogP contribution is -2.47. The van der Waals surface area contributed by atoms with Crippen LogP contribution in [-0.4, -0.2) is 12.5 Å². The van der Waals surface area contributed by atoms with E-state index in [0.29, 0.717) is 12.8 Å². The largest absolute Gasteiger partial charge is 0.417 e. The third kappa shape index (κ3) is 2.76. The number of carbonyl (C=O) groups is 1. The van der Waals surface area contributed by atoms with Crippen LogP contribution in [0.2, 0.25) is 5.02 Å². The summed E-state index contributed by atoms with van der Waals surface area (Å²) in [6.07, 6.45) is -2.33. The van der Waals surface area contributed by atoms with Gasteiger partial charge in [-0.1, -0.05) is 18.0 Å². The van der Waals surface area contributed by atoms with Crippen LogP contribution in [0.15, 0.2) is 18.2 Å². The van der Waals surface area contributed by atoms with Crippen molar-refractivity contribution in [3.63, 3.8) is 0 Å². The van der Waals surface area contributed by atoms with E-state index < -0.39 is 22.2 Å². The molecule has 0 aliphatic heterocycles. The summed E-state index contributed by atoms with van der Waals surface area (Å²) in [6, 6.07) is 3.30. The zero-order valence-electron chi connectivity index (χ0n) is 10.6. The predicted molar refractivity (Wildman–Crippen MR) is 70.4 cm³/mol. The van der Waals surface area contributed by atoms with Crippen molar-refractivity contribution in [1.29, 1.82) is 0 Å². The van der Waals surface area contributed by atoms with E-state index in [1.807, 2.05) is 0 Å². The summed E-state index contributed by atoms with van der Waals surface area (Å²) in [6.45, 7) is 0.193. The first-order chi connectivity index (χ1) is 9.28. The number of hydrogen-bond donors (Lipinski definition) is 2. The molecule has 1 fully saturated rings. The molecule has 7 heteroatoms. The van der Waals surface area contributed by atoms with E-state index in [-0.39, 0.29) is 18.1 Å². The van der Waals surface area contributed by atoms with Gasteiger partial charge in [-0.05, 0) is 31.0 Å². The van der Waals surface area contributed by atoms with Crippen LogP contribution in [0.1, 0.15) is 24.8 Å². The van der Waals surface area contributed by atoms with Crippen molar-refractivity contribution in [2.24, 2.45) is 11.1 Å². The van der Waals surface area contributed by atoms with E-state index in [2.05, 4.69) is 5.32 Å². The van der Waals surface area contributed by atoms with E-state index in [9.17, 15) is 18.0 Å². The van der Waals surface area contributed by atoms with Crippen LogP contribution in [0, 0.1) is 5.41 Å². The first-order valence-electron chi connectivity index (χ1n) is 6.17. The predicted octanol–water partition coefficient (Wildman–Crippen LogP) is 3.43. The maximum Gasteiger partial charge on any atom is 0.417 e. The summed E-state index contributed by atoms with van der Waals surface area (Å²) in [7, 11) is 0. The Morgan fingerprint density at radius 2 is 2.05 bits per heavy atom. The Hall–Kier alpha value is -1.27. The van der Waals surface area contributed by atoms with E-state index in [1.54, 1.807) is 0 Å². The fraction of sp³-hybridized carbons (Fsp3) is 0.462. The third-order valence-corrected chi connectivity index (χ3v) is 4.04. The fourth-order valence-electron chi connectivity index (χ4n) is 2.21. The molecule has 0 spiro atoms. The molecular formula is C13H14ClF3N2O.